The number of hydrogen-bond acceptors (Lipinski definition) is 8. The molecule has 0 aliphatic carbocycles. The van der Waals surface area contributed by atoms with Crippen LogP contribution < -0.4 is 10.2 Å². The maximum absolute atomic E-state index is 12.8. The average molecular weight is 534 g/mol. The molecule has 1 aliphatic rings. The van der Waals surface area contributed by atoms with Gasteiger partial charge in [0, 0.05) is 42.4 Å². The molecule has 0 bridgehead atoms. The molecule has 1 aliphatic heterocycles. The number of nitrogens with zero attached hydrogens (tertiary/aromatic N) is 2. The van der Waals surface area contributed by atoms with Crippen molar-refractivity contribution in [2.75, 3.05) is 24.5 Å². The monoisotopic (exact) mass is 533 g/mol. The van der Waals surface area contributed by atoms with Gasteiger partial charge in [0.2, 0.25) is 0 Å². The second-order valence-electron chi connectivity index (χ2n) is 9.81. The predicted molar refractivity (Wildman–Crippen MR) is 148 cm³/mol. The third-order valence-electron chi connectivity index (χ3n) is 7.42. The molecular formula is C30H35N3O6. The van der Waals surface area contributed by atoms with Gasteiger partial charge in [-0.05, 0) is 61.9 Å². The maximum atomic E-state index is 12.8. The van der Waals surface area contributed by atoms with Crippen LogP contribution in [0.5, 0.6) is 0 Å². The zero-order chi connectivity index (χ0) is 28.3. The lowest BCUT2D eigenvalue weighted by molar-refractivity contribution is -0.258. The molecule has 5 atom stereocenters. The summed E-state index contributed by atoms with van der Waals surface area (Å²) in [7, 11) is 0. The van der Waals surface area contributed by atoms with Crippen LogP contribution >= 0.6 is 0 Å². The second kappa shape index (κ2) is 12.0. The van der Waals surface area contributed by atoms with Crippen LogP contribution in [0.1, 0.15) is 33.5 Å². The van der Waals surface area contributed by atoms with Crippen molar-refractivity contribution in [2.24, 2.45) is 5.92 Å². The Bertz CT molecular complexity index is 1400. The van der Waals surface area contributed by atoms with E-state index in [-0.39, 0.29) is 12.1 Å². The van der Waals surface area contributed by atoms with E-state index >= 15 is 0 Å². The SMILES string of the molecule is CCN(CC)c1ccc2cc(-c3ccc(/C(C)=C(\C#N)C(=O)NC[C@H]4OC(O)[C@H](C)[C@@H](O)[C@@H]4O)o3)ccc2c1. The number of carbonyl (C=O) groups excluding carboxylic acids is 1. The predicted octanol–water partition coefficient (Wildman–Crippen LogP) is 3.43. The van der Waals surface area contributed by atoms with E-state index in [2.05, 4.69) is 42.3 Å². The highest BCUT2D eigenvalue weighted by Crippen LogP contribution is 2.31. The van der Waals surface area contributed by atoms with Gasteiger partial charge in [-0.15, -0.1) is 0 Å². The highest BCUT2D eigenvalue weighted by atomic mass is 16.6. The summed E-state index contributed by atoms with van der Waals surface area (Å²) in [5.41, 5.74) is 2.24. The fourth-order valence-corrected chi connectivity index (χ4v) is 4.83. The number of allylic oxidation sites excluding steroid dienone is 1. The molecule has 1 aromatic heterocycles. The van der Waals surface area contributed by atoms with E-state index in [1.54, 1.807) is 26.0 Å². The smallest absolute Gasteiger partial charge is 0.262 e. The lowest BCUT2D eigenvalue weighted by atomic mass is 9.92. The van der Waals surface area contributed by atoms with Crippen LogP contribution in [0.4, 0.5) is 5.69 Å². The minimum Gasteiger partial charge on any atom is -0.456 e. The number of rotatable bonds is 8. The number of ether oxygens (including phenoxy) is 1. The Balaban J connectivity index is 1.50. The van der Waals surface area contributed by atoms with Crippen LogP contribution in [0.15, 0.2) is 58.5 Å². The summed E-state index contributed by atoms with van der Waals surface area (Å²) in [4.78, 5) is 15.1. The van der Waals surface area contributed by atoms with Gasteiger partial charge >= 0.3 is 0 Å². The van der Waals surface area contributed by atoms with E-state index in [1.807, 2.05) is 24.3 Å². The van der Waals surface area contributed by atoms with Gasteiger partial charge in [-0.3, -0.25) is 4.79 Å². The minimum atomic E-state index is -1.29. The van der Waals surface area contributed by atoms with Gasteiger partial charge in [-0.2, -0.15) is 5.26 Å². The number of fused-ring (bicyclic) bond motifs is 1. The maximum Gasteiger partial charge on any atom is 0.262 e. The summed E-state index contributed by atoms with van der Waals surface area (Å²) in [6.07, 6.45) is -4.80. The molecule has 1 fully saturated rings. The number of nitrogens with one attached hydrogen (secondary N) is 1. The number of anilines is 1. The van der Waals surface area contributed by atoms with Crippen molar-refractivity contribution in [3.05, 3.63) is 59.9 Å². The van der Waals surface area contributed by atoms with Crippen molar-refractivity contribution in [3.63, 3.8) is 0 Å². The average Bonchev–Trinajstić information content (AvgIpc) is 3.44. The molecule has 0 radical (unpaired) electrons. The highest BCUT2D eigenvalue weighted by Gasteiger charge is 2.41. The topological polar surface area (TPSA) is 139 Å². The molecule has 1 amide bonds. The molecule has 0 spiro atoms. The summed E-state index contributed by atoms with van der Waals surface area (Å²) >= 11 is 0. The van der Waals surface area contributed by atoms with Gasteiger partial charge < -0.3 is 34.7 Å². The summed E-state index contributed by atoms with van der Waals surface area (Å²) in [6.45, 7) is 9.11. The summed E-state index contributed by atoms with van der Waals surface area (Å²) in [5, 5.41) is 44.7. The normalized spacial score (nSPS) is 23.7. The van der Waals surface area contributed by atoms with E-state index in [0.717, 1.165) is 29.4 Å². The summed E-state index contributed by atoms with van der Waals surface area (Å²) in [6, 6.07) is 17.9. The van der Waals surface area contributed by atoms with Crippen molar-refractivity contribution < 1.29 is 29.3 Å². The van der Waals surface area contributed by atoms with Crippen LogP contribution in [0, 0.1) is 17.2 Å². The molecule has 9 heteroatoms. The molecule has 4 N–H and O–H groups in total. The first kappa shape index (κ1) is 28.3. The highest BCUT2D eigenvalue weighted by molar-refractivity contribution is 6.04. The van der Waals surface area contributed by atoms with E-state index in [0.29, 0.717) is 17.1 Å². The number of aliphatic hydroxyl groups excluding tert-OH is 3. The Kier molecular flexibility index (Phi) is 8.73. The first-order chi connectivity index (χ1) is 18.7. The van der Waals surface area contributed by atoms with E-state index in [4.69, 9.17) is 9.15 Å². The first-order valence-electron chi connectivity index (χ1n) is 13.2. The van der Waals surface area contributed by atoms with Crippen molar-refractivity contribution in [3.8, 4) is 17.4 Å². The van der Waals surface area contributed by atoms with Gasteiger partial charge in [0.15, 0.2) is 6.29 Å². The number of benzene rings is 2. The van der Waals surface area contributed by atoms with E-state index < -0.39 is 36.4 Å². The van der Waals surface area contributed by atoms with Gasteiger partial charge in [-0.1, -0.05) is 25.1 Å². The third-order valence-corrected chi connectivity index (χ3v) is 7.42. The minimum absolute atomic E-state index is 0.155. The third kappa shape index (κ3) is 5.84. The van der Waals surface area contributed by atoms with Crippen LogP contribution in [-0.4, -0.2) is 65.5 Å². The summed E-state index contributed by atoms with van der Waals surface area (Å²) < 4.78 is 11.3. The standard InChI is InChI=1S/C30H35N3O6/c1-5-33(6-2)22-10-9-19-13-21(8-7-20(19)14-22)25-12-11-24(38-25)17(3)23(15-31)29(36)32-16-26-28(35)27(34)18(4)30(37)39-26/h7-14,18,26-28,30,34-35,37H,5-6,16H2,1-4H3,(H,32,36)/b23-17+/t18-,26-,27-,28-,30?/m1/s1. The quantitative estimate of drug-likeness (QED) is 0.255. The molecule has 2 aromatic carbocycles. The molecule has 1 saturated heterocycles. The van der Waals surface area contributed by atoms with Gasteiger partial charge in [0.25, 0.3) is 5.91 Å². The van der Waals surface area contributed by atoms with Gasteiger partial charge in [0.05, 0.1) is 6.10 Å². The molecule has 0 saturated carbocycles. The fourth-order valence-electron chi connectivity index (χ4n) is 4.83. The Hall–Kier alpha value is -3.68. The lowest BCUT2D eigenvalue weighted by Gasteiger charge is -2.39. The second-order valence-corrected chi connectivity index (χ2v) is 9.81. The van der Waals surface area contributed by atoms with Crippen molar-refractivity contribution >= 4 is 27.9 Å². The fraction of sp³-hybridized carbons (Fsp3) is 0.400. The van der Waals surface area contributed by atoms with Crippen LogP contribution in [0.3, 0.4) is 0 Å². The van der Waals surface area contributed by atoms with Crippen molar-refractivity contribution in [1.29, 1.82) is 5.26 Å². The number of aliphatic hydroxyl groups is 3. The largest absolute Gasteiger partial charge is 0.456 e. The lowest BCUT2D eigenvalue weighted by Crippen LogP contribution is -2.56. The first-order valence-corrected chi connectivity index (χ1v) is 13.2. The number of carbonyl (C=O) groups is 1. The Labute approximate surface area is 227 Å². The zero-order valence-electron chi connectivity index (χ0n) is 22.6. The van der Waals surface area contributed by atoms with Gasteiger partial charge in [-0.25, -0.2) is 0 Å². The Morgan fingerprint density at radius 3 is 2.41 bits per heavy atom. The molecule has 2 heterocycles. The van der Waals surface area contributed by atoms with Crippen molar-refractivity contribution in [1.82, 2.24) is 5.32 Å². The molecule has 3 aromatic rings. The van der Waals surface area contributed by atoms with Gasteiger partial charge in [0.1, 0.15) is 35.4 Å². The Morgan fingerprint density at radius 2 is 1.72 bits per heavy atom. The Morgan fingerprint density at radius 1 is 1.03 bits per heavy atom. The van der Waals surface area contributed by atoms with Crippen LogP contribution in [0.2, 0.25) is 0 Å². The van der Waals surface area contributed by atoms with E-state index in [1.165, 1.54) is 5.69 Å². The number of nitriles is 1. The van der Waals surface area contributed by atoms with E-state index in [9.17, 15) is 25.4 Å². The van der Waals surface area contributed by atoms with Crippen molar-refractivity contribution in [2.45, 2.75) is 52.3 Å². The molecular weight excluding hydrogens is 498 g/mol. The molecule has 4 rings (SSSR count). The molecule has 39 heavy (non-hydrogen) atoms. The molecule has 206 valence electrons. The zero-order valence-corrected chi connectivity index (χ0v) is 22.6. The molecule has 9 nitrogen and oxygen atoms in total. The number of amides is 1. The summed E-state index contributed by atoms with van der Waals surface area (Å²) in [5.74, 6) is -0.375. The van der Waals surface area contributed by atoms with Crippen LogP contribution in [-0.2, 0) is 9.53 Å². The van der Waals surface area contributed by atoms with Crippen LogP contribution in [0.25, 0.3) is 27.7 Å². The number of furan rings is 1. The number of hydrogen-bond donors (Lipinski definition) is 4. The molecule has 1 unspecified atom stereocenters.